The number of methoxy groups -OCH3 is 1. The number of hydrogen-bond acceptors (Lipinski definition) is 2. The van der Waals surface area contributed by atoms with E-state index in [2.05, 4.69) is 5.32 Å². The predicted molar refractivity (Wildman–Crippen MR) is 64.8 cm³/mol. The van der Waals surface area contributed by atoms with Crippen molar-refractivity contribution in [1.29, 1.82) is 0 Å². The normalized spacial score (nSPS) is 33.8. The van der Waals surface area contributed by atoms with Crippen molar-refractivity contribution in [1.82, 2.24) is 5.32 Å². The molecule has 0 aromatic heterocycles. The summed E-state index contributed by atoms with van der Waals surface area (Å²) in [5.41, 5.74) is 2.09. The van der Waals surface area contributed by atoms with Crippen LogP contribution in [0.4, 0.5) is 4.39 Å². The molecule has 2 bridgehead atoms. The molecule has 0 radical (unpaired) electrons. The van der Waals surface area contributed by atoms with Crippen molar-refractivity contribution < 1.29 is 9.13 Å². The Labute approximate surface area is 101 Å². The van der Waals surface area contributed by atoms with E-state index in [1.54, 1.807) is 0 Å². The molecule has 3 saturated carbocycles. The van der Waals surface area contributed by atoms with Gasteiger partial charge in [-0.25, -0.2) is 4.39 Å². The molecule has 0 unspecified atom stereocenters. The highest BCUT2D eigenvalue weighted by molar-refractivity contribution is 5.43. The first kappa shape index (κ1) is 11.0. The lowest BCUT2D eigenvalue weighted by Gasteiger charge is -2.71. The lowest BCUT2D eigenvalue weighted by molar-refractivity contribution is -0.137. The third kappa shape index (κ3) is 1.41. The molecule has 4 rings (SSSR count). The topological polar surface area (TPSA) is 21.3 Å². The minimum absolute atomic E-state index is 0.271. The molecular formula is C14H18FNO. The highest BCUT2D eigenvalue weighted by Crippen LogP contribution is 2.73. The van der Waals surface area contributed by atoms with Crippen LogP contribution >= 0.6 is 0 Å². The second kappa shape index (κ2) is 3.45. The number of nitrogens with one attached hydrogen (secondary N) is 1. The quantitative estimate of drug-likeness (QED) is 0.865. The first-order chi connectivity index (χ1) is 8.13. The fourth-order valence-corrected chi connectivity index (χ4v) is 3.86. The summed E-state index contributed by atoms with van der Waals surface area (Å²) in [5, 5.41) is 3.26. The van der Waals surface area contributed by atoms with E-state index in [4.69, 9.17) is 4.74 Å². The Kier molecular flexibility index (Phi) is 2.24. The van der Waals surface area contributed by atoms with Crippen molar-refractivity contribution >= 4 is 0 Å². The number of benzene rings is 1. The van der Waals surface area contributed by atoms with Crippen LogP contribution in [-0.2, 0) is 5.41 Å². The van der Waals surface area contributed by atoms with Gasteiger partial charge in [0.05, 0.1) is 7.11 Å². The predicted octanol–water partition coefficient (Wildman–Crippen LogP) is 2.48. The molecule has 3 fully saturated rings. The van der Waals surface area contributed by atoms with Gasteiger partial charge in [0, 0.05) is 6.54 Å². The number of halogens is 1. The van der Waals surface area contributed by atoms with Crippen molar-refractivity contribution in [2.45, 2.75) is 24.7 Å². The lowest BCUT2D eigenvalue weighted by Crippen LogP contribution is -2.67. The maximum absolute atomic E-state index is 13.4. The van der Waals surface area contributed by atoms with Crippen LogP contribution in [0.25, 0.3) is 0 Å². The Bertz CT molecular complexity index is 438. The minimum atomic E-state index is -0.271. The lowest BCUT2D eigenvalue weighted by atomic mass is 9.33. The summed E-state index contributed by atoms with van der Waals surface area (Å²) in [7, 11) is 3.53. The van der Waals surface area contributed by atoms with Crippen molar-refractivity contribution in [3.05, 3.63) is 29.6 Å². The molecular weight excluding hydrogens is 217 g/mol. The summed E-state index contributed by atoms with van der Waals surface area (Å²) in [4.78, 5) is 0. The smallest absolute Gasteiger partial charge is 0.165 e. The van der Waals surface area contributed by atoms with Crippen LogP contribution in [0.2, 0.25) is 0 Å². The Hall–Kier alpha value is -1.09. The van der Waals surface area contributed by atoms with Crippen molar-refractivity contribution in [3.63, 3.8) is 0 Å². The van der Waals surface area contributed by atoms with Crippen LogP contribution in [0.5, 0.6) is 5.75 Å². The Morgan fingerprint density at radius 2 is 2.06 bits per heavy atom. The Balaban J connectivity index is 1.80. The summed E-state index contributed by atoms with van der Waals surface area (Å²) in [5.74, 6) is 0.0997. The highest BCUT2D eigenvalue weighted by Gasteiger charge is 2.67. The number of hydrogen-bond donors (Lipinski definition) is 1. The van der Waals surface area contributed by atoms with Gasteiger partial charge in [0.15, 0.2) is 11.6 Å². The second-order valence-corrected chi connectivity index (χ2v) is 5.69. The SMILES string of the molecule is CNCC12CC(c3ccc(F)c(OC)c3)(C1)C2. The van der Waals surface area contributed by atoms with Gasteiger partial charge >= 0.3 is 0 Å². The van der Waals surface area contributed by atoms with E-state index >= 15 is 0 Å². The van der Waals surface area contributed by atoms with Gasteiger partial charge in [-0.2, -0.15) is 0 Å². The van der Waals surface area contributed by atoms with E-state index in [-0.39, 0.29) is 5.82 Å². The number of ether oxygens (including phenoxy) is 1. The third-order valence-electron chi connectivity index (χ3n) is 4.46. The van der Waals surface area contributed by atoms with Crippen molar-refractivity contribution in [3.8, 4) is 5.75 Å². The molecule has 2 nitrogen and oxygen atoms in total. The molecule has 3 aliphatic rings. The monoisotopic (exact) mass is 235 g/mol. The first-order valence-electron chi connectivity index (χ1n) is 6.12. The summed E-state index contributed by atoms with van der Waals surface area (Å²) in [6, 6.07) is 5.32. The van der Waals surface area contributed by atoms with Crippen molar-refractivity contribution in [2.75, 3.05) is 20.7 Å². The zero-order chi connectivity index (χ0) is 12.1. The van der Waals surface area contributed by atoms with E-state index in [1.165, 1.54) is 38.0 Å². The van der Waals surface area contributed by atoms with Crippen molar-refractivity contribution in [2.24, 2.45) is 5.41 Å². The zero-order valence-electron chi connectivity index (χ0n) is 10.3. The number of rotatable bonds is 4. The Morgan fingerprint density at radius 3 is 2.65 bits per heavy atom. The van der Waals surface area contributed by atoms with Gasteiger partial charge in [0.1, 0.15) is 0 Å². The molecule has 0 amide bonds. The van der Waals surface area contributed by atoms with Crippen LogP contribution in [0.1, 0.15) is 24.8 Å². The van der Waals surface area contributed by atoms with E-state index in [1.807, 2.05) is 19.2 Å². The third-order valence-corrected chi connectivity index (χ3v) is 4.46. The first-order valence-corrected chi connectivity index (χ1v) is 6.12. The summed E-state index contributed by atoms with van der Waals surface area (Å²) >= 11 is 0. The van der Waals surface area contributed by atoms with Crippen LogP contribution in [0.3, 0.4) is 0 Å². The fraction of sp³-hybridized carbons (Fsp3) is 0.571. The molecule has 0 saturated heterocycles. The van der Waals surface area contributed by atoms with Crippen LogP contribution in [-0.4, -0.2) is 20.7 Å². The van der Waals surface area contributed by atoms with Gasteiger partial charge in [-0.3, -0.25) is 0 Å². The molecule has 17 heavy (non-hydrogen) atoms. The van der Waals surface area contributed by atoms with Gasteiger partial charge in [-0.1, -0.05) is 6.07 Å². The molecule has 0 heterocycles. The van der Waals surface area contributed by atoms with E-state index in [9.17, 15) is 4.39 Å². The average Bonchev–Trinajstić information content (AvgIpc) is 2.22. The molecule has 0 spiro atoms. The summed E-state index contributed by atoms with van der Waals surface area (Å²) < 4.78 is 18.4. The molecule has 0 atom stereocenters. The largest absolute Gasteiger partial charge is 0.494 e. The summed E-state index contributed by atoms with van der Waals surface area (Å²) in [6.07, 6.45) is 3.70. The molecule has 1 N–H and O–H groups in total. The molecule has 1 aromatic rings. The second-order valence-electron chi connectivity index (χ2n) is 5.69. The minimum Gasteiger partial charge on any atom is -0.494 e. The molecule has 1 aromatic carbocycles. The van der Waals surface area contributed by atoms with Crippen LogP contribution < -0.4 is 10.1 Å². The van der Waals surface area contributed by atoms with Gasteiger partial charge in [-0.05, 0) is 54.8 Å². The zero-order valence-corrected chi connectivity index (χ0v) is 10.3. The van der Waals surface area contributed by atoms with Gasteiger partial charge in [-0.15, -0.1) is 0 Å². The molecule has 3 heteroatoms. The highest BCUT2D eigenvalue weighted by atomic mass is 19.1. The standard InChI is InChI=1S/C14H18FNO/c1-16-9-13-6-14(7-13,8-13)10-3-4-11(15)12(5-10)17-2/h3-5,16H,6-9H2,1-2H3. The van der Waals surface area contributed by atoms with Gasteiger partial charge in [0.2, 0.25) is 0 Å². The van der Waals surface area contributed by atoms with Gasteiger partial charge < -0.3 is 10.1 Å². The maximum Gasteiger partial charge on any atom is 0.165 e. The average molecular weight is 235 g/mol. The van der Waals surface area contributed by atoms with E-state index < -0.39 is 0 Å². The summed E-state index contributed by atoms with van der Waals surface area (Å²) in [6.45, 7) is 1.10. The maximum atomic E-state index is 13.4. The van der Waals surface area contributed by atoms with Crippen LogP contribution in [0, 0.1) is 11.2 Å². The van der Waals surface area contributed by atoms with E-state index in [0.29, 0.717) is 16.6 Å². The molecule has 0 aliphatic heterocycles. The van der Waals surface area contributed by atoms with Crippen LogP contribution in [0.15, 0.2) is 18.2 Å². The van der Waals surface area contributed by atoms with E-state index in [0.717, 1.165) is 6.54 Å². The molecule has 92 valence electrons. The van der Waals surface area contributed by atoms with Gasteiger partial charge in [0.25, 0.3) is 0 Å². The fourth-order valence-electron chi connectivity index (χ4n) is 3.86. The Morgan fingerprint density at radius 1 is 1.35 bits per heavy atom. The molecule has 3 aliphatic carbocycles.